The van der Waals surface area contributed by atoms with Crippen molar-refractivity contribution in [1.29, 1.82) is 0 Å². The molecule has 0 aromatic rings. The van der Waals surface area contributed by atoms with E-state index in [-0.39, 0.29) is 0 Å². The van der Waals surface area contributed by atoms with Gasteiger partial charge >= 0.3 is 0 Å². The van der Waals surface area contributed by atoms with Crippen LogP contribution in [0.3, 0.4) is 0 Å². The normalized spacial score (nSPS) is 15.5. The van der Waals surface area contributed by atoms with E-state index in [1.807, 2.05) is 0 Å². The monoisotopic (exact) mass is 213 g/mol. The fourth-order valence-electron chi connectivity index (χ4n) is 2.07. The molecule has 0 fully saturated rings. The first-order valence-electron chi connectivity index (χ1n) is 5.88. The molecule has 0 saturated heterocycles. The fraction of sp³-hybridized carbons (Fsp3) is 0.833. The van der Waals surface area contributed by atoms with Crippen LogP contribution >= 0.6 is 0 Å². The van der Waals surface area contributed by atoms with E-state index in [1.54, 1.807) is 0 Å². The Kier molecular flexibility index (Phi) is 7.20. The van der Waals surface area contributed by atoms with Crippen molar-refractivity contribution in [2.75, 3.05) is 20.6 Å². The first-order valence-corrected chi connectivity index (χ1v) is 8.58. The van der Waals surface area contributed by atoms with Crippen LogP contribution in [0, 0.1) is 0 Å². The summed E-state index contributed by atoms with van der Waals surface area (Å²) in [5.41, 5.74) is 2.33. The maximum atomic E-state index is 4.07. The predicted octanol–water partition coefficient (Wildman–Crippen LogP) is 3.54. The van der Waals surface area contributed by atoms with E-state index in [2.05, 4.69) is 45.1 Å². The summed E-state index contributed by atoms with van der Waals surface area (Å²) >= 11 is 0. The number of nitrogens with zero attached hydrogens (tertiary/aromatic N) is 1. The minimum atomic E-state index is -1.07. The summed E-state index contributed by atoms with van der Waals surface area (Å²) in [4.78, 5) is 2.28. The van der Waals surface area contributed by atoms with Gasteiger partial charge in [0, 0.05) is 0 Å². The third-order valence-corrected chi connectivity index (χ3v) is 8.28. The molecular weight excluding hydrogens is 186 g/mol. The molecule has 0 rings (SSSR count). The number of hydrogen-bond donors (Lipinski definition) is 0. The molecule has 0 bridgehead atoms. The first-order chi connectivity index (χ1) is 6.60. The molecule has 1 atom stereocenters. The van der Waals surface area contributed by atoms with Crippen LogP contribution in [0.4, 0.5) is 0 Å². The average Bonchev–Trinajstić information content (AvgIpc) is 2.16. The number of rotatable bonds is 8. The van der Waals surface area contributed by atoms with Crippen LogP contribution in [-0.4, -0.2) is 33.6 Å². The molecule has 0 aliphatic heterocycles. The highest BCUT2D eigenvalue weighted by Gasteiger charge is 2.25. The summed E-state index contributed by atoms with van der Waals surface area (Å²) in [5.74, 6) is 0. The standard InChI is InChI=1S/C12H27NSi/c1-6-11-14(7-2,8-3)12-9-10-13(4)5/h7H,2,6,8-12H2,1,3-5H3. The molecule has 2 heteroatoms. The van der Waals surface area contributed by atoms with Gasteiger partial charge in [0.2, 0.25) is 0 Å². The van der Waals surface area contributed by atoms with Crippen LogP contribution in [0.1, 0.15) is 26.7 Å². The molecule has 0 aromatic carbocycles. The SMILES string of the molecule is C=C[Si](CC)(CCC)CCCN(C)C. The Bertz CT molecular complexity index is 156. The van der Waals surface area contributed by atoms with Gasteiger partial charge < -0.3 is 4.90 Å². The highest BCUT2D eigenvalue weighted by molar-refractivity contribution is 6.84. The van der Waals surface area contributed by atoms with Crippen LogP contribution in [0.25, 0.3) is 0 Å². The van der Waals surface area contributed by atoms with Crippen LogP contribution in [0.15, 0.2) is 12.3 Å². The van der Waals surface area contributed by atoms with Crippen molar-refractivity contribution in [1.82, 2.24) is 4.90 Å². The molecule has 0 aromatic heterocycles. The van der Waals surface area contributed by atoms with Crippen LogP contribution < -0.4 is 0 Å². The molecule has 0 spiro atoms. The van der Waals surface area contributed by atoms with Gasteiger partial charge in [0.25, 0.3) is 0 Å². The Balaban J connectivity index is 4.00. The van der Waals surface area contributed by atoms with Gasteiger partial charge in [-0.05, 0) is 27.1 Å². The average molecular weight is 213 g/mol. The summed E-state index contributed by atoms with van der Waals surface area (Å²) in [7, 11) is 3.24. The van der Waals surface area contributed by atoms with Gasteiger partial charge in [-0.3, -0.25) is 0 Å². The fourth-order valence-corrected chi connectivity index (χ4v) is 5.58. The van der Waals surface area contributed by atoms with Crippen LogP contribution in [0.5, 0.6) is 0 Å². The predicted molar refractivity (Wildman–Crippen MR) is 69.5 cm³/mol. The van der Waals surface area contributed by atoms with Gasteiger partial charge in [-0.15, -0.1) is 12.3 Å². The maximum absolute atomic E-state index is 4.07. The number of hydrogen-bond acceptors (Lipinski definition) is 1. The molecule has 0 radical (unpaired) electrons. The van der Waals surface area contributed by atoms with Gasteiger partial charge in [0.05, 0.1) is 8.07 Å². The van der Waals surface area contributed by atoms with Gasteiger partial charge in [0.1, 0.15) is 0 Å². The Morgan fingerprint density at radius 1 is 1.21 bits per heavy atom. The van der Waals surface area contributed by atoms with Crippen molar-refractivity contribution in [3.8, 4) is 0 Å². The Hall–Kier alpha value is -0.0831. The first kappa shape index (κ1) is 13.9. The second-order valence-corrected chi connectivity index (χ2v) is 9.42. The van der Waals surface area contributed by atoms with Crippen LogP contribution in [-0.2, 0) is 0 Å². The molecule has 14 heavy (non-hydrogen) atoms. The van der Waals surface area contributed by atoms with Crippen molar-refractivity contribution in [3.05, 3.63) is 12.3 Å². The second-order valence-electron chi connectivity index (χ2n) is 4.58. The van der Waals surface area contributed by atoms with Crippen molar-refractivity contribution in [2.24, 2.45) is 0 Å². The third kappa shape index (κ3) is 4.96. The van der Waals surface area contributed by atoms with Gasteiger partial charge in [-0.25, -0.2) is 0 Å². The summed E-state index contributed by atoms with van der Waals surface area (Å²) in [6.45, 7) is 9.94. The lowest BCUT2D eigenvalue weighted by Crippen LogP contribution is -2.31. The molecule has 0 aliphatic rings. The Morgan fingerprint density at radius 3 is 2.21 bits per heavy atom. The molecule has 1 unspecified atom stereocenters. The molecular formula is C12H27NSi. The van der Waals surface area contributed by atoms with Crippen molar-refractivity contribution in [3.63, 3.8) is 0 Å². The lowest BCUT2D eigenvalue weighted by Gasteiger charge is -2.27. The zero-order valence-corrected chi connectivity index (χ0v) is 11.5. The smallest absolute Gasteiger partial charge is 0.0768 e. The topological polar surface area (TPSA) is 3.24 Å². The van der Waals surface area contributed by atoms with E-state index in [0.717, 1.165) is 0 Å². The highest BCUT2D eigenvalue weighted by Crippen LogP contribution is 2.25. The molecule has 0 N–H and O–H groups in total. The molecule has 84 valence electrons. The van der Waals surface area contributed by atoms with E-state index in [1.165, 1.54) is 37.5 Å². The van der Waals surface area contributed by atoms with Crippen molar-refractivity contribution < 1.29 is 0 Å². The molecule has 0 saturated carbocycles. The minimum absolute atomic E-state index is 1.07. The second kappa shape index (κ2) is 7.24. The van der Waals surface area contributed by atoms with E-state index in [4.69, 9.17) is 0 Å². The summed E-state index contributed by atoms with van der Waals surface area (Å²) in [5, 5.41) is 0. The van der Waals surface area contributed by atoms with Gasteiger partial charge in [-0.2, -0.15) is 0 Å². The largest absolute Gasteiger partial charge is 0.309 e. The third-order valence-electron chi connectivity index (χ3n) is 3.17. The van der Waals surface area contributed by atoms with Gasteiger partial charge in [0.15, 0.2) is 0 Å². The summed E-state index contributed by atoms with van der Waals surface area (Å²) < 4.78 is 0. The van der Waals surface area contributed by atoms with E-state index in [9.17, 15) is 0 Å². The Labute approximate surface area is 91.2 Å². The van der Waals surface area contributed by atoms with E-state index < -0.39 is 8.07 Å². The quantitative estimate of drug-likeness (QED) is 0.558. The summed E-state index contributed by atoms with van der Waals surface area (Å²) in [6.07, 6.45) is 2.67. The van der Waals surface area contributed by atoms with Crippen LogP contribution in [0.2, 0.25) is 18.1 Å². The van der Waals surface area contributed by atoms with Gasteiger partial charge in [-0.1, -0.05) is 38.4 Å². The summed E-state index contributed by atoms with van der Waals surface area (Å²) in [6, 6.07) is 4.23. The lowest BCUT2D eigenvalue weighted by atomic mass is 10.4. The van der Waals surface area contributed by atoms with E-state index in [0.29, 0.717) is 0 Å². The zero-order chi connectivity index (χ0) is 11.0. The molecule has 0 aliphatic carbocycles. The zero-order valence-electron chi connectivity index (χ0n) is 10.5. The minimum Gasteiger partial charge on any atom is -0.309 e. The maximum Gasteiger partial charge on any atom is 0.0768 e. The molecule has 1 nitrogen and oxygen atoms in total. The lowest BCUT2D eigenvalue weighted by molar-refractivity contribution is 0.407. The molecule has 0 amide bonds. The Morgan fingerprint density at radius 2 is 1.86 bits per heavy atom. The highest BCUT2D eigenvalue weighted by atomic mass is 28.3. The van der Waals surface area contributed by atoms with E-state index >= 15 is 0 Å². The van der Waals surface area contributed by atoms with Crippen molar-refractivity contribution in [2.45, 2.75) is 44.8 Å². The molecule has 0 heterocycles. The van der Waals surface area contributed by atoms with Crippen molar-refractivity contribution >= 4 is 8.07 Å².